The summed E-state index contributed by atoms with van der Waals surface area (Å²) in [7, 11) is 0. The van der Waals surface area contributed by atoms with Crippen molar-refractivity contribution in [3.05, 3.63) is 71.3 Å². The van der Waals surface area contributed by atoms with E-state index in [0.717, 1.165) is 24.6 Å². The first kappa shape index (κ1) is 18.5. The number of guanidine groups is 1. The van der Waals surface area contributed by atoms with Crippen LogP contribution in [0.2, 0.25) is 0 Å². The van der Waals surface area contributed by atoms with E-state index in [1.807, 2.05) is 25.1 Å². The van der Waals surface area contributed by atoms with Gasteiger partial charge >= 0.3 is 0 Å². The fraction of sp³-hybridized carbons (Fsp3) is 0.300. The zero-order valence-electron chi connectivity index (χ0n) is 14.8. The molecule has 0 aliphatic heterocycles. The summed E-state index contributed by atoms with van der Waals surface area (Å²) in [5.41, 5.74) is 8.09. The Balaban J connectivity index is 1.94. The van der Waals surface area contributed by atoms with E-state index in [1.165, 1.54) is 5.56 Å². The number of rotatable bonds is 7. The second-order valence-electron chi connectivity index (χ2n) is 5.95. The van der Waals surface area contributed by atoms with Crippen molar-refractivity contribution in [3.63, 3.8) is 0 Å². The molecule has 1 atom stereocenters. The number of carbonyl (C=O) groups excluding carboxylic acids is 1. The number of nitrogens with two attached hydrogens (primary N) is 1. The van der Waals surface area contributed by atoms with E-state index in [1.54, 1.807) is 12.1 Å². The van der Waals surface area contributed by atoms with Gasteiger partial charge in [0.2, 0.25) is 5.91 Å². The monoisotopic (exact) mass is 338 g/mol. The molecule has 25 heavy (non-hydrogen) atoms. The van der Waals surface area contributed by atoms with Crippen molar-refractivity contribution in [2.75, 3.05) is 13.1 Å². The molecule has 5 nitrogen and oxygen atoms in total. The molecule has 2 aromatic carbocycles. The van der Waals surface area contributed by atoms with Crippen molar-refractivity contribution in [3.8, 4) is 0 Å². The summed E-state index contributed by atoms with van der Waals surface area (Å²) < 4.78 is 0. The SMILES string of the molecule is CCNC(=NCc1ccc(C(N)=O)cc1)NCC(C)c1ccccc1. The summed E-state index contributed by atoms with van der Waals surface area (Å²) in [6.07, 6.45) is 0. The summed E-state index contributed by atoms with van der Waals surface area (Å²) in [6, 6.07) is 17.6. The first-order valence-corrected chi connectivity index (χ1v) is 8.56. The van der Waals surface area contributed by atoms with Gasteiger partial charge in [-0.15, -0.1) is 0 Å². The van der Waals surface area contributed by atoms with E-state index < -0.39 is 5.91 Å². The van der Waals surface area contributed by atoms with E-state index in [4.69, 9.17) is 5.73 Å². The van der Waals surface area contributed by atoms with Gasteiger partial charge in [-0.1, -0.05) is 49.4 Å². The van der Waals surface area contributed by atoms with E-state index in [9.17, 15) is 4.79 Å². The molecule has 0 fully saturated rings. The average Bonchev–Trinajstić information content (AvgIpc) is 2.64. The Morgan fingerprint density at radius 1 is 1.08 bits per heavy atom. The van der Waals surface area contributed by atoms with Gasteiger partial charge in [-0.05, 0) is 36.1 Å². The fourth-order valence-electron chi connectivity index (χ4n) is 2.44. The molecule has 2 rings (SSSR count). The van der Waals surface area contributed by atoms with Crippen LogP contribution in [0.3, 0.4) is 0 Å². The molecule has 0 spiro atoms. The Morgan fingerprint density at radius 2 is 1.76 bits per heavy atom. The van der Waals surface area contributed by atoms with Crippen LogP contribution in [0.25, 0.3) is 0 Å². The molecule has 5 heteroatoms. The number of amides is 1. The number of carbonyl (C=O) groups is 1. The Hall–Kier alpha value is -2.82. The molecular formula is C20H26N4O. The third-order valence-corrected chi connectivity index (χ3v) is 3.95. The lowest BCUT2D eigenvalue weighted by Gasteiger charge is -2.16. The molecule has 0 saturated carbocycles. The molecule has 0 aromatic heterocycles. The second-order valence-corrected chi connectivity index (χ2v) is 5.95. The van der Waals surface area contributed by atoms with Crippen LogP contribution >= 0.6 is 0 Å². The minimum atomic E-state index is -0.417. The maximum Gasteiger partial charge on any atom is 0.248 e. The largest absolute Gasteiger partial charge is 0.366 e. The molecular weight excluding hydrogens is 312 g/mol. The standard InChI is InChI=1S/C20H26N4O/c1-3-22-20(23-13-15(2)17-7-5-4-6-8-17)24-14-16-9-11-18(12-10-16)19(21)25/h4-12,15H,3,13-14H2,1-2H3,(H2,21,25)(H2,22,23,24). The van der Waals surface area contributed by atoms with Gasteiger partial charge in [0.05, 0.1) is 6.54 Å². The molecule has 0 saturated heterocycles. The number of benzene rings is 2. The molecule has 0 aliphatic carbocycles. The molecule has 2 aromatic rings. The Bertz CT molecular complexity index is 695. The van der Waals surface area contributed by atoms with Gasteiger partial charge in [-0.25, -0.2) is 4.99 Å². The maximum atomic E-state index is 11.1. The highest BCUT2D eigenvalue weighted by Crippen LogP contribution is 2.13. The van der Waals surface area contributed by atoms with E-state index in [0.29, 0.717) is 18.0 Å². The van der Waals surface area contributed by atoms with Gasteiger partial charge in [0.15, 0.2) is 5.96 Å². The Kier molecular flexibility index (Phi) is 7.01. The highest BCUT2D eigenvalue weighted by atomic mass is 16.1. The lowest BCUT2D eigenvalue weighted by molar-refractivity contribution is 0.100. The quantitative estimate of drug-likeness (QED) is 0.536. The van der Waals surface area contributed by atoms with Gasteiger partial charge in [0, 0.05) is 18.7 Å². The van der Waals surface area contributed by atoms with Gasteiger partial charge < -0.3 is 16.4 Å². The van der Waals surface area contributed by atoms with Crippen molar-refractivity contribution in [1.29, 1.82) is 0 Å². The molecule has 132 valence electrons. The van der Waals surface area contributed by atoms with Crippen LogP contribution < -0.4 is 16.4 Å². The van der Waals surface area contributed by atoms with Gasteiger partial charge in [0.1, 0.15) is 0 Å². The van der Waals surface area contributed by atoms with Crippen molar-refractivity contribution in [2.24, 2.45) is 10.7 Å². The minimum absolute atomic E-state index is 0.389. The number of nitrogens with one attached hydrogen (secondary N) is 2. The summed E-state index contributed by atoms with van der Waals surface area (Å²) in [5.74, 6) is 0.754. The zero-order chi connectivity index (χ0) is 18.1. The summed E-state index contributed by atoms with van der Waals surface area (Å²) in [4.78, 5) is 15.7. The Morgan fingerprint density at radius 3 is 2.36 bits per heavy atom. The normalized spacial score (nSPS) is 12.5. The summed E-state index contributed by atoms with van der Waals surface area (Å²) in [6.45, 7) is 6.37. The maximum absolute atomic E-state index is 11.1. The number of hydrogen-bond donors (Lipinski definition) is 3. The van der Waals surface area contributed by atoms with Crippen LogP contribution in [0.15, 0.2) is 59.6 Å². The first-order chi connectivity index (χ1) is 12.1. The van der Waals surface area contributed by atoms with Crippen LogP contribution in [0.4, 0.5) is 0 Å². The van der Waals surface area contributed by atoms with Crippen LogP contribution in [0, 0.1) is 0 Å². The van der Waals surface area contributed by atoms with E-state index in [-0.39, 0.29) is 0 Å². The summed E-state index contributed by atoms with van der Waals surface area (Å²) >= 11 is 0. The highest BCUT2D eigenvalue weighted by molar-refractivity contribution is 5.92. The molecule has 1 unspecified atom stereocenters. The number of aliphatic imine (C=N–C) groups is 1. The topological polar surface area (TPSA) is 79.5 Å². The number of primary amides is 1. The second kappa shape index (κ2) is 9.47. The van der Waals surface area contributed by atoms with Crippen LogP contribution in [0.1, 0.15) is 41.3 Å². The third kappa shape index (κ3) is 5.95. The number of hydrogen-bond acceptors (Lipinski definition) is 2. The fourth-order valence-corrected chi connectivity index (χ4v) is 2.44. The third-order valence-electron chi connectivity index (χ3n) is 3.95. The van der Waals surface area contributed by atoms with Crippen molar-refractivity contribution in [1.82, 2.24) is 10.6 Å². The molecule has 4 N–H and O–H groups in total. The van der Waals surface area contributed by atoms with Crippen molar-refractivity contribution in [2.45, 2.75) is 26.3 Å². The predicted octanol–water partition coefficient (Wildman–Crippen LogP) is 2.64. The van der Waals surface area contributed by atoms with Crippen molar-refractivity contribution < 1.29 is 4.79 Å². The first-order valence-electron chi connectivity index (χ1n) is 8.56. The molecule has 0 radical (unpaired) electrons. The van der Waals surface area contributed by atoms with Crippen LogP contribution in [-0.2, 0) is 6.54 Å². The highest BCUT2D eigenvalue weighted by Gasteiger charge is 2.06. The van der Waals surface area contributed by atoms with E-state index >= 15 is 0 Å². The van der Waals surface area contributed by atoms with Gasteiger partial charge in [0.25, 0.3) is 0 Å². The van der Waals surface area contributed by atoms with Gasteiger partial charge in [-0.2, -0.15) is 0 Å². The molecule has 1 amide bonds. The molecule has 0 bridgehead atoms. The number of nitrogens with zero attached hydrogens (tertiary/aromatic N) is 1. The average molecular weight is 338 g/mol. The molecule has 0 heterocycles. The van der Waals surface area contributed by atoms with Crippen LogP contribution in [-0.4, -0.2) is 25.0 Å². The zero-order valence-corrected chi connectivity index (χ0v) is 14.8. The van der Waals surface area contributed by atoms with E-state index in [2.05, 4.69) is 46.8 Å². The summed E-state index contributed by atoms with van der Waals surface area (Å²) in [5, 5.41) is 6.64. The smallest absolute Gasteiger partial charge is 0.248 e. The van der Waals surface area contributed by atoms with Crippen molar-refractivity contribution >= 4 is 11.9 Å². The lowest BCUT2D eigenvalue weighted by atomic mass is 10.0. The lowest BCUT2D eigenvalue weighted by Crippen LogP contribution is -2.39. The predicted molar refractivity (Wildman–Crippen MR) is 103 cm³/mol. The minimum Gasteiger partial charge on any atom is -0.366 e. The van der Waals surface area contributed by atoms with Crippen LogP contribution in [0.5, 0.6) is 0 Å². The molecule has 0 aliphatic rings. The van der Waals surface area contributed by atoms with Gasteiger partial charge in [-0.3, -0.25) is 4.79 Å². The Labute approximate surface area is 149 Å².